The Bertz CT molecular complexity index is 935. The Balaban J connectivity index is 1.33. The van der Waals surface area contributed by atoms with Crippen LogP contribution in [0.2, 0.25) is 5.02 Å². The molecule has 6 nitrogen and oxygen atoms in total. The first-order valence-corrected chi connectivity index (χ1v) is 13.2. The number of carbonyl (C=O) groups is 1. The number of hydrogen-bond acceptors (Lipinski definition) is 7. The van der Waals surface area contributed by atoms with Crippen molar-refractivity contribution >= 4 is 52.8 Å². The third kappa shape index (κ3) is 5.89. The van der Waals surface area contributed by atoms with Crippen molar-refractivity contribution in [3.63, 3.8) is 0 Å². The van der Waals surface area contributed by atoms with Crippen molar-refractivity contribution in [2.24, 2.45) is 0 Å². The van der Waals surface area contributed by atoms with Gasteiger partial charge in [0.15, 0.2) is 8.29 Å². The van der Waals surface area contributed by atoms with Gasteiger partial charge in [-0.25, -0.2) is 4.68 Å². The van der Waals surface area contributed by atoms with Crippen molar-refractivity contribution in [1.82, 2.24) is 20.0 Å². The number of ether oxygens (including phenoxy) is 1. The van der Waals surface area contributed by atoms with Crippen LogP contribution in [-0.4, -0.2) is 64.7 Å². The van der Waals surface area contributed by atoms with Crippen molar-refractivity contribution in [3.05, 3.63) is 33.2 Å². The summed E-state index contributed by atoms with van der Waals surface area (Å²) in [6.07, 6.45) is 6.04. The fraction of sp³-hybridized carbons (Fsp3) is 0.571. The molecule has 0 spiro atoms. The summed E-state index contributed by atoms with van der Waals surface area (Å²) < 4.78 is 8.70. The highest BCUT2D eigenvalue weighted by Crippen LogP contribution is 2.34. The second-order valence-corrected chi connectivity index (χ2v) is 11.3. The van der Waals surface area contributed by atoms with Gasteiger partial charge in [0, 0.05) is 30.2 Å². The van der Waals surface area contributed by atoms with Crippen LogP contribution in [-0.2, 0) is 9.53 Å². The predicted molar refractivity (Wildman–Crippen MR) is 129 cm³/mol. The lowest BCUT2D eigenvalue weighted by Crippen LogP contribution is -2.59. The van der Waals surface area contributed by atoms with E-state index in [2.05, 4.69) is 15.3 Å². The van der Waals surface area contributed by atoms with Crippen LogP contribution in [0.15, 0.2) is 28.6 Å². The Kier molecular flexibility index (Phi) is 8.06. The maximum atomic E-state index is 12.6. The van der Waals surface area contributed by atoms with Crippen LogP contribution >= 0.6 is 46.9 Å². The molecule has 10 heteroatoms. The molecule has 0 bridgehead atoms. The van der Waals surface area contributed by atoms with Gasteiger partial charge in [-0.05, 0) is 49.3 Å². The van der Waals surface area contributed by atoms with E-state index < -0.39 is 0 Å². The molecule has 1 N–H and O–H groups in total. The number of rotatable bonds is 7. The van der Waals surface area contributed by atoms with Crippen molar-refractivity contribution in [3.8, 4) is 5.69 Å². The number of nitrogens with one attached hydrogen (secondary N) is 1. The first kappa shape index (κ1) is 23.2. The highest BCUT2D eigenvalue weighted by molar-refractivity contribution is 8.01. The maximum Gasteiger partial charge on any atom is 0.230 e. The number of aromatic nitrogens is 2. The number of nitrogens with zero attached hydrogens (tertiary/aromatic N) is 3. The number of morpholine rings is 1. The van der Waals surface area contributed by atoms with Gasteiger partial charge < -0.3 is 10.1 Å². The molecule has 0 radical (unpaired) electrons. The van der Waals surface area contributed by atoms with Crippen LogP contribution in [0.1, 0.15) is 32.1 Å². The van der Waals surface area contributed by atoms with E-state index in [9.17, 15) is 4.79 Å². The van der Waals surface area contributed by atoms with Gasteiger partial charge in [0.1, 0.15) is 0 Å². The van der Waals surface area contributed by atoms with E-state index in [0.29, 0.717) is 21.3 Å². The third-order valence-electron chi connectivity index (χ3n) is 6.01. The van der Waals surface area contributed by atoms with Crippen molar-refractivity contribution in [1.29, 1.82) is 0 Å². The van der Waals surface area contributed by atoms with Crippen LogP contribution in [0.5, 0.6) is 0 Å². The van der Waals surface area contributed by atoms with E-state index in [4.69, 9.17) is 28.6 Å². The van der Waals surface area contributed by atoms with Gasteiger partial charge >= 0.3 is 0 Å². The molecular weight excluding hydrogens is 472 g/mol. The number of hydrogen-bond donors (Lipinski definition) is 1. The van der Waals surface area contributed by atoms with Crippen LogP contribution in [0.4, 0.5) is 0 Å². The number of carbonyl (C=O) groups excluding carboxylic acids is 1. The molecule has 1 amide bonds. The summed E-state index contributed by atoms with van der Waals surface area (Å²) in [5.41, 5.74) is 0.946. The molecule has 4 rings (SSSR count). The third-order valence-corrected chi connectivity index (χ3v) is 8.63. The highest BCUT2D eigenvalue weighted by atomic mass is 35.5. The second-order valence-electron chi connectivity index (χ2n) is 7.97. The first-order chi connectivity index (χ1) is 15.1. The molecule has 0 unspecified atom stereocenters. The van der Waals surface area contributed by atoms with E-state index in [1.54, 1.807) is 4.68 Å². The van der Waals surface area contributed by atoms with Crippen LogP contribution in [0.25, 0.3) is 5.69 Å². The first-order valence-electron chi connectivity index (χ1n) is 10.6. The lowest BCUT2D eigenvalue weighted by molar-refractivity contribution is -0.119. The summed E-state index contributed by atoms with van der Waals surface area (Å²) in [5.74, 6) is 0.379. The lowest BCUT2D eigenvalue weighted by Gasteiger charge is -2.48. The van der Waals surface area contributed by atoms with Crippen molar-refractivity contribution in [2.45, 2.75) is 42.0 Å². The van der Waals surface area contributed by atoms with Gasteiger partial charge in [-0.1, -0.05) is 54.0 Å². The van der Waals surface area contributed by atoms with E-state index in [0.717, 1.165) is 49.2 Å². The molecule has 1 aromatic heterocycles. The fourth-order valence-electron chi connectivity index (χ4n) is 4.36. The monoisotopic (exact) mass is 498 g/mol. The molecule has 1 aliphatic carbocycles. The number of benzene rings is 1. The average molecular weight is 499 g/mol. The molecule has 0 atom stereocenters. The fourth-order valence-corrected chi connectivity index (χ4v) is 6.68. The largest absolute Gasteiger partial charge is 0.379 e. The SMILES string of the molecule is O=C(CSc1nn(-c2ccc(Cl)cc2)c(=S)s1)NCC1(N2CCOCC2)CCCCC1. The summed E-state index contributed by atoms with van der Waals surface area (Å²) in [6.45, 7) is 4.19. The number of thioether (sulfide) groups is 1. The van der Waals surface area contributed by atoms with Gasteiger partial charge in [0.05, 0.1) is 24.7 Å². The number of halogens is 1. The van der Waals surface area contributed by atoms with E-state index >= 15 is 0 Å². The van der Waals surface area contributed by atoms with Gasteiger partial charge in [-0.3, -0.25) is 9.69 Å². The molecule has 1 saturated carbocycles. The van der Waals surface area contributed by atoms with Crippen LogP contribution in [0.3, 0.4) is 0 Å². The molecule has 2 fully saturated rings. The number of amides is 1. The van der Waals surface area contributed by atoms with Gasteiger partial charge in [-0.2, -0.15) is 0 Å². The topological polar surface area (TPSA) is 59.4 Å². The average Bonchev–Trinajstić information content (AvgIpc) is 3.18. The molecule has 1 aliphatic heterocycles. The van der Waals surface area contributed by atoms with E-state index in [1.807, 2.05) is 24.3 Å². The standard InChI is InChI=1S/C21H27ClN4O2S3/c22-16-4-6-17(7-5-16)26-20(29)31-19(24-26)30-14-18(27)23-15-21(8-2-1-3-9-21)25-10-12-28-13-11-25/h4-7H,1-3,8-15H2,(H,23,27). The summed E-state index contributed by atoms with van der Waals surface area (Å²) in [6, 6.07) is 7.39. The minimum absolute atomic E-state index is 0.0439. The van der Waals surface area contributed by atoms with Gasteiger partial charge in [0.25, 0.3) is 0 Å². The molecular formula is C21H27ClN4O2S3. The Hall–Kier alpha value is -0.970. The summed E-state index contributed by atoms with van der Waals surface area (Å²) in [5, 5.41) is 8.45. The summed E-state index contributed by atoms with van der Waals surface area (Å²) in [7, 11) is 0. The molecule has 2 aromatic rings. The van der Waals surface area contributed by atoms with Gasteiger partial charge in [0.2, 0.25) is 5.91 Å². The quantitative estimate of drug-likeness (QED) is 0.446. The van der Waals surface area contributed by atoms with Gasteiger partial charge in [-0.15, -0.1) is 5.10 Å². The Labute approximate surface area is 201 Å². The summed E-state index contributed by atoms with van der Waals surface area (Å²) >= 11 is 14.3. The molecule has 1 aromatic carbocycles. The Morgan fingerprint density at radius 1 is 1.23 bits per heavy atom. The van der Waals surface area contributed by atoms with Crippen molar-refractivity contribution < 1.29 is 9.53 Å². The molecule has 2 heterocycles. The lowest BCUT2D eigenvalue weighted by atomic mass is 9.79. The normalized spacial score (nSPS) is 19.3. The Morgan fingerprint density at radius 3 is 2.65 bits per heavy atom. The molecule has 2 aliphatic rings. The molecule has 168 valence electrons. The van der Waals surface area contributed by atoms with Crippen LogP contribution < -0.4 is 5.32 Å². The van der Waals surface area contributed by atoms with E-state index in [1.165, 1.54) is 42.4 Å². The second kappa shape index (κ2) is 10.8. The summed E-state index contributed by atoms with van der Waals surface area (Å²) in [4.78, 5) is 15.2. The highest BCUT2D eigenvalue weighted by Gasteiger charge is 2.38. The zero-order valence-corrected chi connectivity index (χ0v) is 20.6. The minimum atomic E-state index is 0.0439. The zero-order chi connectivity index (χ0) is 21.7. The van der Waals surface area contributed by atoms with Crippen molar-refractivity contribution in [2.75, 3.05) is 38.6 Å². The molecule has 31 heavy (non-hydrogen) atoms. The minimum Gasteiger partial charge on any atom is -0.379 e. The molecule has 1 saturated heterocycles. The van der Waals surface area contributed by atoms with E-state index in [-0.39, 0.29) is 11.4 Å². The zero-order valence-electron chi connectivity index (χ0n) is 17.3. The predicted octanol–water partition coefficient (Wildman–Crippen LogP) is 4.56. The van der Waals surface area contributed by atoms with Crippen LogP contribution in [0, 0.1) is 3.95 Å². The Morgan fingerprint density at radius 2 is 1.94 bits per heavy atom. The smallest absolute Gasteiger partial charge is 0.230 e. The maximum absolute atomic E-state index is 12.6.